The lowest BCUT2D eigenvalue weighted by Gasteiger charge is -2.35. The van der Waals surface area contributed by atoms with Crippen molar-refractivity contribution in [1.82, 2.24) is 4.31 Å². The summed E-state index contributed by atoms with van der Waals surface area (Å²) in [6.07, 6.45) is 2.51. The highest BCUT2D eigenvalue weighted by molar-refractivity contribution is 7.89. The van der Waals surface area contributed by atoms with Crippen LogP contribution in [0.4, 0.5) is 0 Å². The molecule has 1 aliphatic heterocycles. The molecule has 0 amide bonds. The molecule has 1 rings (SSSR count). The van der Waals surface area contributed by atoms with Gasteiger partial charge in [-0.15, -0.1) is 0 Å². The minimum atomic E-state index is -3.06. The van der Waals surface area contributed by atoms with Crippen molar-refractivity contribution >= 4 is 10.0 Å². The molecule has 1 fully saturated rings. The first kappa shape index (κ1) is 12.9. The standard InChI is InChI=1S/C10H22N2O2S/c1-9-4-6-12(10(2)8-9)15(13,14)7-3-5-11/h9-10H,3-8,11H2,1-2H3. The maximum Gasteiger partial charge on any atom is 0.214 e. The van der Waals surface area contributed by atoms with E-state index in [-0.39, 0.29) is 11.8 Å². The molecule has 5 heteroatoms. The first-order valence-corrected chi connectivity index (χ1v) is 7.28. The molecule has 0 aromatic rings. The van der Waals surface area contributed by atoms with Crippen molar-refractivity contribution < 1.29 is 8.42 Å². The number of nitrogens with two attached hydrogens (primary N) is 1. The van der Waals surface area contributed by atoms with Gasteiger partial charge in [-0.3, -0.25) is 0 Å². The van der Waals surface area contributed by atoms with E-state index in [1.54, 1.807) is 4.31 Å². The van der Waals surface area contributed by atoms with Gasteiger partial charge in [0.25, 0.3) is 0 Å². The van der Waals surface area contributed by atoms with Gasteiger partial charge in [0.15, 0.2) is 0 Å². The molecule has 1 saturated heterocycles. The highest BCUT2D eigenvalue weighted by Crippen LogP contribution is 2.24. The summed E-state index contributed by atoms with van der Waals surface area (Å²) in [7, 11) is -3.06. The van der Waals surface area contributed by atoms with Gasteiger partial charge in [-0.1, -0.05) is 6.92 Å². The third kappa shape index (κ3) is 3.43. The second kappa shape index (κ2) is 5.27. The van der Waals surface area contributed by atoms with Gasteiger partial charge in [0, 0.05) is 12.6 Å². The van der Waals surface area contributed by atoms with E-state index < -0.39 is 10.0 Å². The summed E-state index contributed by atoms with van der Waals surface area (Å²) in [6, 6.07) is 0.150. The van der Waals surface area contributed by atoms with Crippen LogP contribution >= 0.6 is 0 Å². The zero-order valence-electron chi connectivity index (χ0n) is 9.65. The molecular weight excluding hydrogens is 212 g/mol. The second-order valence-electron chi connectivity index (χ2n) is 4.55. The van der Waals surface area contributed by atoms with E-state index in [9.17, 15) is 8.42 Å². The maximum absolute atomic E-state index is 11.9. The molecule has 1 aliphatic rings. The summed E-state index contributed by atoms with van der Waals surface area (Å²) in [5, 5.41) is 0. The van der Waals surface area contributed by atoms with Gasteiger partial charge in [0.1, 0.15) is 0 Å². The Balaban J connectivity index is 2.62. The quantitative estimate of drug-likeness (QED) is 0.782. The molecule has 0 spiro atoms. The normalized spacial score (nSPS) is 29.3. The third-order valence-corrected chi connectivity index (χ3v) is 5.10. The van der Waals surface area contributed by atoms with Crippen LogP contribution in [-0.4, -0.2) is 37.6 Å². The van der Waals surface area contributed by atoms with Crippen molar-refractivity contribution in [2.45, 2.75) is 39.2 Å². The number of nitrogens with zero attached hydrogens (tertiary/aromatic N) is 1. The lowest BCUT2D eigenvalue weighted by molar-refractivity contribution is 0.220. The number of hydrogen-bond donors (Lipinski definition) is 1. The summed E-state index contributed by atoms with van der Waals surface area (Å²) in [5.41, 5.74) is 5.34. The van der Waals surface area contributed by atoms with Crippen LogP contribution in [0, 0.1) is 5.92 Å². The van der Waals surface area contributed by atoms with Gasteiger partial charge in [-0.05, 0) is 38.6 Å². The molecule has 15 heavy (non-hydrogen) atoms. The molecular formula is C10H22N2O2S. The number of hydrogen-bond acceptors (Lipinski definition) is 3. The Hall–Kier alpha value is -0.130. The van der Waals surface area contributed by atoms with Crippen molar-refractivity contribution in [2.75, 3.05) is 18.8 Å². The van der Waals surface area contributed by atoms with Crippen molar-refractivity contribution in [1.29, 1.82) is 0 Å². The molecule has 0 aromatic carbocycles. The second-order valence-corrected chi connectivity index (χ2v) is 6.59. The topological polar surface area (TPSA) is 63.4 Å². The highest BCUT2D eigenvalue weighted by Gasteiger charge is 2.31. The molecule has 4 nitrogen and oxygen atoms in total. The monoisotopic (exact) mass is 234 g/mol. The Morgan fingerprint density at radius 1 is 1.40 bits per heavy atom. The van der Waals surface area contributed by atoms with E-state index in [1.165, 1.54) is 0 Å². The van der Waals surface area contributed by atoms with Crippen LogP contribution in [0.5, 0.6) is 0 Å². The van der Waals surface area contributed by atoms with Crippen LogP contribution in [0.25, 0.3) is 0 Å². The van der Waals surface area contributed by atoms with Crippen molar-refractivity contribution in [2.24, 2.45) is 11.7 Å². The first-order chi connectivity index (χ1) is 6.97. The Kier molecular flexibility index (Phi) is 4.55. The molecule has 0 radical (unpaired) electrons. The van der Waals surface area contributed by atoms with Gasteiger partial charge < -0.3 is 5.73 Å². The zero-order valence-corrected chi connectivity index (χ0v) is 10.5. The molecule has 2 N–H and O–H groups in total. The highest BCUT2D eigenvalue weighted by atomic mass is 32.2. The van der Waals surface area contributed by atoms with Gasteiger partial charge >= 0.3 is 0 Å². The Morgan fingerprint density at radius 2 is 2.07 bits per heavy atom. The van der Waals surface area contributed by atoms with Crippen LogP contribution in [0.1, 0.15) is 33.1 Å². The zero-order chi connectivity index (χ0) is 11.5. The van der Waals surface area contributed by atoms with Crippen LogP contribution in [-0.2, 0) is 10.0 Å². The molecule has 1 heterocycles. The molecule has 2 atom stereocenters. The van der Waals surface area contributed by atoms with Gasteiger partial charge in [0.05, 0.1) is 5.75 Å². The number of rotatable bonds is 4. The summed E-state index contributed by atoms with van der Waals surface area (Å²) in [4.78, 5) is 0. The predicted molar refractivity (Wildman–Crippen MR) is 62.0 cm³/mol. The van der Waals surface area contributed by atoms with Crippen molar-refractivity contribution in [3.05, 3.63) is 0 Å². The van der Waals surface area contributed by atoms with Crippen LogP contribution < -0.4 is 5.73 Å². The molecule has 0 saturated carbocycles. The fourth-order valence-electron chi connectivity index (χ4n) is 2.18. The Bertz CT molecular complexity index is 290. The smallest absolute Gasteiger partial charge is 0.214 e. The fraction of sp³-hybridized carbons (Fsp3) is 1.00. The molecule has 2 unspecified atom stereocenters. The number of piperidine rings is 1. The van der Waals surface area contributed by atoms with Crippen LogP contribution in [0.3, 0.4) is 0 Å². The largest absolute Gasteiger partial charge is 0.330 e. The minimum Gasteiger partial charge on any atom is -0.330 e. The van der Waals surface area contributed by atoms with Crippen molar-refractivity contribution in [3.8, 4) is 0 Å². The van der Waals surface area contributed by atoms with E-state index in [2.05, 4.69) is 6.92 Å². The SMILES string of the molecule is CC1CCN(S(=O)(=O)CCCN)C(C)C1. The van der Waals surface area contributed by atoms with E-state index in [0.29, 0.717) is 25.4 Å². The summed E-state index contributed by atoms with van der Waals surface area (Å²) >= 11 is 0. The Morgan fingerprint density at radius 3 is 2.60 bits per heavy atom. The van der Waals surface area contributed by atoms with E-state index >= 15 is 0 Å². The Labute approximate surface area is 92.9 Å². The molecule has 90 valence electrons. The summed E-state index contributed by atoms with van der Waals surface area (Å²) in [5.74, 6) is 0.836. The third-order valence-electron chi connectivity index (χ3n) is 3.04. The molecule has 0 bridgehead atoms. The van der Waals surface area contributed by atoms with Crippen molar-refractivity contribution in [3.63, 3.8) is 0 Å². The summed E-state index contributed by atoms with van der Waals surface area (Å²) < 4.78 is 25.5. The molecule has 0 aliphatic carbocycles. The van der Waals surface area contributed by atoms with Gasteiger partial charge in [0.2, 0.25) is 10.0 Å². The number of sulfonamides is 1. The molecule has 0 aromatic heterocycles. The maximum atomic E-state index is 11.9. The average molecular weight is 234 g/mol. The average Bonchev–Trinajstić information content (AvgIpc) is 2.14. The fourth-order valence-corrected chi connectivity index (χ4v) is 3.97. The van der Waals surface area contributed by atoms with Gasteiger partial charge in [-0.25, -0.2) is 8.42 Å². The predicted octanol–water partition coefficient (Wildman–Crippen LogP) is 0.785. The van der Waals surface area contributed by atoms with Gasteiger partial charge in [-0.2, -0.15) is 4.31 Å². The minimum absolute atomic E-state index is 0.150. The first-order valence-electron chi connectivity index (χ1n) is 5.67. The van der Waals surface area contributed by atoms with Crippen LogP contribution in [0.15, 0.2) is 0 Å². The van der Waals surface area contributed by atoms with E-state index in [1.807, 2.05) is 6.92 Å². The summed E-state index contributed by atoms with van der Waals surface area (Å²) in [6.45, 7) is 5.29. The van der Waals surface area contributed by atoms with E-state index in [0.717, 1.165) is 12.8 Å². The lowest BCUT2D eigenvalue weighted by atomic mass is 9.95. The van der Waals surface area contributed by atoms with E-state index in [4.69, 9.17) is 5.73 Å². The van der Waals surface area contributed by atoms with Crippen LogP contribution in [0.2, 0.25) is 0 Å². The lowest BCUT2D eigenvalue weighted by Crippen LogP contribution is -2.45.